The van der Waals surface area contributed by atoms with Crippen LogP contribution in [0, 0.1) is 0 Å². The lowest BCUT2D eigenvalue weighted by Gasteiger charge is -2.24. The van der Waals surface area contributed by atoms with E-state index in [4.69, 9.17) is 0 Å². The van der Waals surface area contributed by atoms with Crippen LogP contribution in [0.15, 0.2) is 36.0 Å². The van der Waals surface area contributed by atoms with Crippen molar-refractivity contribution in [3.05, 3.63) is 40.8 Å². The summed E-state index contributed by atoms with van der Waals surface area (Å²) in [5.41, 5.74) is 0. The molecule has 0 bridgehead atoms. The van der Waals surface area contributed by atoms with Crippen molar-refractivity contribution >= 4 is 17.2 Å². The van der Waals surface area contributed by atoms with E-state index >= 15 is 0 Å². The molecular weight excluding hydrogens is 258 g/mol. The average molecular weight is 275 g/mol. The number of carbonyl (C=O) groups is 1. The van der Waals surface area contributed by atoms with E-state index in [-0.39, 0.29) is 5.91 Å². The largest absolute Gasteiger partial charge is 0.338 e. The van der Waals surface area contributed by atoms with Crippen molar-refractivity contribution in [3.8, 4) is 0 Å². The molecule has 0 unspecified atom stereocenters. The molecule has 100 valence electrons. The highest BCUT2D eigenvalue weighted by molar-refractivity contribution is 7.10. The van der Waals surface area contributed by atoms with Gasteiger partial charge in [-0.3, -0.25) is 9.48 Å². The van der Waals surface area contributed by atoms with Gasteiger partial charge in [0.05, 0.1) is 19.0 Å². The molecule has 0 aliphatic carbocycles. The third-order valence-corrected chi connectivity index (χ3v) is 4.44. The van der Waals surface area contributed by atoms with Crippen LogP contribution in [0.2, 0.25) is 0 Å². The van der Waals surface area contributed by atoms with Gasteiger partial charge in [0.2, 0.25) is 5.91 Å². The van der Waals surface area contributed by atoms with Crippen LogP contribution in [0.4, 0.5) is 0 Å². The summed E-state index contributed by atoms with van der Waals surface area (Å²) in [5, 5.41) is 6.25. The third kappa shape index (κ3) is 2.87. The van der Waals surface area contributed by atoms with Gasteiger partial charge in [0.15, 0.2) is 0 Å². The number of thiophene rings is 1. The number of aromatic nitrogens is 2. The molecule has 0 saturated carbocycles. The number of hydrogen-bond donors (Lipinski definition) is 0. The first kappa shape index (κ1) is 12.4. The van der Waals surface area contributed by atoms with Gasteiger partial charge < -0.3 is 4.90 Å². The summed E-state index contributed by atoms with van der Waals surface area (Å²) in [6.07, 6.45) is 6.46. The highest BCUT2D eigenvalue weighted by Crippen LogP contribution is 2.21. The van der Waals surface area contributed by atoms with Crippen molar-refractivity contribution in [1.29, 1.82) is 0 Å². The Balaban J connectivity index is 1.64. The molecule has 1 aliphatic heterocycles. The Morgan fingerprint density at radius 1 is 1.47 bits per heavy atom. The van der Waals surface area contributed by atoms with Crippen LogP contribution in [0.5, 0.6) is 0 Å². The van der Waals surface area contributed by atoms with Crippen molar-refractivity contribution in [1.82, 2.24) is 14.7 Å². The Kier molecular flexibility index (Phi) is 3.64. The maximum absolute atomic E-state index is 12.4. The Morgan fingerprint density at radius 2 is 2.42 bits per heavy atom. The van der Waals surface area contributed by atoms with Gasteiger partial charge in [-0.25, -0.2) is 0 Å². The summed E-state index contributed by atoms with van der Waals surface area (Å²) in [4.78, 5) is 15.5. The lowest BCUT2D eigenvalue weighted by molar-refractivity contribution is -0.131. The molecule has 0 spiro atoms. The fourth-order valence-electron chi connectivity index (χ4n) is 2.64. The van der Waals surface area contributed by atoms with Gasteiger partial charge in [-0.2, -0.15) is 5.10 Å². The fourth-order valence-corrected chi connectivity index (χ4v) is 3.34. The third-order valence-electron chi connectivity index (χ3n) is 3.56. The molecule has 4 nitrogen and oxygen atoms in total. The summed E-state index contributed by atoms with van der Waals surface area (Å²) in [5.74, 6) is 0.247. The van der Waals surface area contributed by atoms with Gasteiger partial charge in [-0.05, 0) is 30.4 Å². The van der Waals surface area contributed by atoms with Gasteiger partial charge in [-0.1, -0.05) is 6.07 Å². The molecule has 1 atom stereocenters. The normalized spacial score (nSPS) is 18.9. The van der Waals surface area contributed by atoms with E-state index in [9.17, 15) is 4.79 Å². The zero-order valence-electron chi connectivity index (χ0n) is 10.7. The van der Waals surface area contributed by atoms with Crippen LogP contribution in [-0.4, -0.2) is 33.2 Å². The first-order valence-corrected chi connectivity index (χ1v) is 7.50. The van der Waals surface area contributed by atoms with E-state index in [1.165, 1.54) is 0 Å². The van der Waals surface area contributed by atoms with Crippen LogP contribution in [-0.2, 0) is 17.8 Å². The van der Waals surface area contributed by atoms with E-state index < -0.39 is 0 Å². The highest BCUT2D eigenvalue weighted by Gasteiger charge is 2.28. The maximum atomic E-state index is 12.4. The maximum Gasteiger partial charge on any atom is 0.228 e. The van der Waals surface area contributed by atoms with Crippen LogP contribution in [0.25, 0.3) is 0 Å². The van der Waals surface area contributed by atoms with Crippen LogP contribution in [0.3, 0.4) is 0 Å². The minimum absolute atomic E-state index is 0.247. The van der Waals surface area contributed by atoms with Crippen LogP contribution >= 0.6 is 11.3 Å². The molecule has 3 rings (SSSR count). The minimum Gasteiger partial charge on any atom is -0.338 e. The molecule has 19 heavy (non-hydrogen) atoms. The zero-order valence-corrected chi connectivity index (χ0v) is 11.6. The van der Waals surface area contributed by atoms with E-state index in [0.717, 1.165) is 30.8 Å². The van der Waals surface area contributed by atoms with E-state index in [0.29, 0.717) is 12.5 Å². The number of amides is 1. The smallest absolute Gasteiger partial charge is 0.228 e. The topological polar surface area (TPSA) is 38.1 Å². The van der Waals surface area contributed by atoms with Gasteiger partial charge in [0.25, 0.3) is 0 Å². The van der Waals surface area contributed by atoms with Gasteiger partial charge >= 0.3 is 0 Å². The summed E-state index contributed by atoms with van der Waals surface area (Å²) in [6.45, 7) is 1.69. The molecule has 0 aromatic carbocycles. The Bertz CT molecular complexity index is 521. The summed E-state index contributed by atoms with van der Waals surface area (Å²) in [7, 11) is 0. The second-order valence-corrected chi connectivity index (χ2v) is 5.90. The van der Waals surface area contributed by atoms with Gasteiger partial charge in [0, 0.05) is 23.8 Å². The van der Waals surface area contributed by atoms with Crippen molar-refractivity contribution < 1.29 is 4.79 Å². The molecule has 3 heterocycles. The average Bonchev–Trinajstić information content (AvgIpc) is 3.10. The summed E-state index contributed by atoms with van der Waals surface area (Å²) >= 11 is 1.65. The lowest BCUT2D eigenvalue weighted by Crippen LogP contribution is -2.38. The Labute approximate surface area is 116 Å². The van der Waals surface area contributed by atoms with Gasteiger partial charge in [0.1, 0.15) is 0 Å². The highest BCUT2D eigenvalue weighted by atomic mass is 32.1. The van der Waals surface area contributed by atoms with E-state index in [1.807, 2.05) is 39.4 Å². The van der Waals surface area contributed by atoms with Crippen molar-refractivity contribution in [3.63, 3.8) is 0 Å². The van der Waals surface area contributed by atoms with E-state index in [1.54, 1.807) is 17.5 Å². The molecule has 2 aromatic heterocycles. The summed E-state index contributed by atoms with van der Waals surface area (Å²) in [6, 6.07) is 6.25. The van der Waals surface area contributed by atoms with Crippen LogP contribution in [0.1, 0.15) is 17.7 Å². The number of rotatable bonds is 4. The molecule has 1 saturated heterocycles. The molecule has 5 heteroatoms. The zero-order chi connectivity index (χ0) is 13.1. The molecule has 0 N–H and O–H groups in total. The Hall–Kier alpha value is -1.62. The van der Waals surface area contributed by atoms with Crippen molar-refractivity contribution in [2.75, 3.05) is 6.54 Å². The molecule has 0 radical (unpaired) electrons. The number of hydrogen-bond acceptors (Lipinski definition) is 3. The van der Waals surface area contributed by atoms with Gasteiger partial charge in [-0.15, -0.1) is 11.3 Å². The quantitative estimate of drug-likeness (QED) is 0.858. The lowest BCUT2D eigenvalue weighted by atomic mass is 10.2. The number of likely N-dealkylation sites (tertiary alicyclic amines) is 1. The summed E-state index contributed by atoms with van der Waals surface area (Å²) < 4.78 is 1.92. The predicted octanol–water partition coefficient (Wildman–Crippen LogP) is 2.18. The first-order chi connectivity index (χ1) is 9.33. The minimum atomic E-state index is 0.247. The van der Waals surface area contributed by atoms with E-state index in [2.05, 4.69) is 5.10 Å². The monoisotopic (exact) mass is 275 g/mol. The molecule has 1 fully saturated rings. The molecule has 1 aliphatic rings. The second-order valence-electron chi connectivity index (χ2n) is 4.87. The number of carbonyl (C=O) groups excluding carboxylic acids is 1. The predicted molar refractivity (Wildman–Crippen MR) is 75.0 cm³/mol. The molecule has 2 aromatic rings. The first-order valence-electron chi connectivity index (χ1n) is 6.62. The molecular formula is C14H17N3OS. The number of nitrogens with zero attached hydrogens (tertiary/aromatic N) is 3. The molecule has 1 amide bonds. The van der Waals surface area contributed by atoms with Crippen molar-refractivity contribution in [2.45, 2.75) is 31.8 Å². The SMILES string of the molecule is O=C(Cc1cccs1)N1CCC[C@@H]1Cn1cccn1. The van der Waals surface area contributed by atoms with Crippen LogP contribution < -0.4 is 0 Å². The van der Waals surface area contributed by atoms with Crippen molar-refractivity contribution in [2.24, 2.45) is 0 Å². The Morgan fingerprint density at radius 3 is 3.16 bits per heavy atom. The standard InChI is InChI=1S/C14H17N3OS/c18-14(10-13-5-2-9-19-13)17-8-1-4-12(17)11-16-7-3-6-15-16/h2-3,5-7,9,12H,1,4,8,10-11H2/t12-/m1/s1. The fraction of sp³-hybridized carbons (Fsp3) is 0.429. The second kappa shape index (κ2) is 5.57.